The molecule has 1 fully saturated rings. The maximum Gasteiger partial charge on any atom is 0.254 e. The quantitative estimate of drug-likeness (QED) is 0.836. The summed E-state index contributed by atoms with van der Waals surface area (Å²) >= 11 is 0. The Bertz CT molecular complexity index is 557. The van der Waals surface area contributed by atoms with Gasteiger partial charge in [0.1, 0.15) is 0 Å². The van der Waals surface area contributed by atoms with Crippen LogP contribution in [0.15, 0.2) is 23.1 Å². The summed E-state index contributed by atoms with van der Waals surface area (Å²) in [6.07, 6.45) is 4.71. The normalized spacial score (nSPS) is 16.3. The molecule has 0 saturated carbocycles. The lowest BCUT2D eigenvalue weighted by Gasteiger charge is -2.32. The highest BCUT2D eigenvalue weighted by atomic mass is 16.5. The minimum absolute atomic E-state index is 0.0571. The second-order valence-corrected chi connectivity index (χ2v) is 6.41. The number of carbonyl (C=O) groups is 1. The van der Waals surface area contributed by atoms with Crippen LogP contribution in [0.25, 0.3) is 0 Å². The zero-order valence-electron chi connectivity index (χ0n) is 13.7. The Labute approximate surface area is 131 Å². The molecular weight excluding hydrogens is 280 g/mol. The highest BCUT2D eigenvalue weighted by molar-refractivity contribution is 5.94. The van der Waals surface area contributed by atoms with E-state index in [0.29, 0.717) is 24.6 Å². The summed E-state index contributed by atoms with van der Waals surface area (Å²) in [5.74, 6) is 0.598. The van der Waals surface area contributed by atoms with Crippen LogP contribution >= 0.6 is 0 Å². The summed E-state index contributed by atoms with van der Waals surface area (Å²) < 4.78 is 7.33. The summed E-state index contributed by atoms with van der Waals surface area (Å²) in [7, 11) is 1.68. The van der Waals surface area contributed by atoms with Crippen molar-refractivity contribution in [3.8, 4) is 0 Å². The SMILES string of the molecule is CC(C)CCOC1CCN(C(=O)c2ccn(C)c(=O)c2)CC1. The van der Waals surface area contributed by atoms with Crippen molar-refractivity contribution < 1.29 is 9.53 Å². The highest BCUT2D eigenvalue weighted by Crippen LogP contribution is 2.16. The number of ether oxygens (including phenoxy) is 1. The van der Waals surface area contributed by atoms with Crippen molar-refractivity contribution in [2.75, 3.05) is 19.7 Å². The Morgan fingerprint density at radius 1 is 1.36 bits per heavy atom. The van der Waals surface area contributed by atoms with Crippen LogP contribution in [0.3, 0.4) is 0 Å². The standard InChI is InChI=1S/C17H26N2O3/c1-13(2)7-11-22-15-5-9-19(10-6-15)17(21)14-4-8-18(3)16(20)12-14/h4,8,12-13,15H,5-7,9-11H2,1-3H3. The van der Waals surface area contributed by atoms with E-state index in [2.05, 4.69) is 13.8 Å². The minimum atomic E-state index is -0.155. The minimum Gasteiger partial charge on any atom is -0.378 e. The van der Waals surface area contributed by atoms with Gasteiger partial charge in [0.25, 0.3) is 11.5 Å². The number of rotatable bonds is 5. The Morgan fingerprint density at radius 2 is 2.05 bits per heavy atom. The number of piperidine rings is 1. The second-order valence-electron chi connectivity index (χ2n) is 6.41. The van der Waals surface area contributed by atoms with Gasteiger partial charge in [-0.05, 0) is 31.2 Å². The van der Waals surface area contributed by atoms with Gasteiger partial charge in [0.2, 0.25) is 0 Å². The summed E-state index contributed by atoms with van der Waals surface area (Å²) in [5.41, 5.74) is 0.319. The number of pyridine rings is 1. The molecule has 1 amide bonds. The van der Waals surface area contributed by atoms with Crippen LogP contribution in [0.4, 0.5) is 0 Å². The molecule has 5 nitrogen and oxygen atoms in total. The third-order valence-corrected chi connectivity index (χ3v) is 4.13. The van der Waals surface area contributed by atoms with Crippen molar-refractivity contribution in [3.05, 3.63) is 34.2 Å². The Morgan fingerprint density at radius 3 is 2.64 bits per heavy atom. The molecule has 1 aliphatic rings. The molecule has 0 radical (unpaired) electrons. The Kier molecular flexibility index (Phi) is 5.77. The molecule has 0 N–H and O–H groups in total. The molecule has 1 aliphatic heterocycles. The van der Waals surface area contributed by atoms with Gasteiger partial charge in [0, 0.05) is 44.6 Å². The zero-order valence-corrected chi connectivity index (χ0v) is 13.7. The molecule has 1 aromatic rings. The zero-order chi connectivity index (χ0) is 16.1. The van der Waals surface area contributed by atoms with E-state index in [9.17, 15) is 9.59 Å². The first kappa shape index (κ1) is 16.7. The van der Waals surface area contributed by atoms with Gasteiger partial charge in [-0.3, -0.25) is 9.59 Å². The summed E-state index contributed by atoms with van der Waals surface area (Å²) in [6, 6.07) is 3.11. The van der Waals surface area contributed by atoms with Crippen LogP contribution < -0.4 is 5.56 Å². The fourth-order valence-corrected chi connectivity index (χ4v) is 2.56. The number of nitrogens with zero attached hydrogens (tertiary/aromatic N) is 2. The van der Waals surface area contributed by atoms with Crippen LogP contribution in [-0.2, 0) is 11.8 Å². The molecule has 0 bridgehead atoms. The molecule has 0 aromatic carbocycles. The molecule has 0 unspecified atom stereocenters. The van der Waals surface area contributed by atoms with Gasteiger partial charge in [-0.15, -0.1) is 0 Å². The molecule has 0 atom stereocenters. The highest BCUT2D eigenvalue weighted by Gasteiger charge is 2.24. The molecule has 0 aliphatic carbocycles. The topological polar surface area (TPSA) is 51.5 Å². The molecule has 22 heavy (non-hydrogen) atoms. The molecule has 2 rings (SSSR count). The number of hydrogen-bond donors (Lipinski definition) is 0. The largest absolute Gasteiger partial charge is 0.378 e. The maximum absolute atomic E-state index is 12.4. The Hall–Kier alpha value is -1.62. The van der Waals surface area contributed by atoms with E-state index in [1.54, 1.807) is 19.3 Å². The average molecular weight is 306 g/mol. The van der Waals surface area contributed by atoms with Crippen molar-refractivity contribution in [1.82, 2.24) is 9.47 Å². The monoisotopic (exact) mass is 306 g/mol. The van der Waals surface area contributed by atoms with E-state index in [1.165, 1.54) is 10.6 Å². The van der Waals surface area contributed by atoms with Gasteiger partial charge in [-0.1, -0.05) is 13.8 Å². The van der Waals surface area contributed by atoms with Gasteiger partial charge >= 0.3 is 0 Å². The molecular formula is C17H26N2O3. The fraction of sp³-hybridized carbons (Fsp3) is 0.647. The number of amides is 1. The maximum atomic E-state index is 12.4. The molecule has 2 heterocycles. The molecule has 122 valence electrons. The lowest BCUT2D eigenvalue weighted by molar-refractivity contribution is 0.00483. The third kappa shape index (κ3) is 4.44. The van der Waals surface area contributed by atoms with Crippen LogP contribution in [0, 0.1) is 5.92 Å². The molecule has 1 aromatic heterocycles. The first-order chi connectivity index (χ1) is 10.5. The predicted molar refractivity (Wildman–Crippen MR) is 86.0 cm³/mol. The average Bonchev–Trinajstić information content (AvgIpc) is 2.50. The predicted octanol–water partition coefficient (Wildman–Crippen LogP) is 2.05. The number of likely N-dealkylation sites (tertiary alicyclic amines) is 1. The Balaban J connectivity index is 1.84. The lowest BCUT2D eigenvalue weighted by Crippen LogP contribution is -2.41. The van der Waals surface area contributed by atoms with Crippen molar-refractivity contribution in [2.24, 2.45) is 13.0 Å². The number of aryl methyl sites for hydroxylation is 1. The van der Waals surface area contributed by atoms with Crippen molar-refractivity contribution >= 4 is 5.91 Å². The molecule has 0 spiro atoms. The van der Waals surface area contributed by atoms with E-state index in [4.69, 9.17) is 4.74 Å². The number of carbonyl (C=O) groups excluding carboxylic acids is 1. The van der Waals surface area contributed by atoms with Crippen LogP contribution in [0.2, 0.25) is 0 Å². The lowest BCUT2D eigenvalue weighted by atomic mass is 10.1. The second kappa shape index (κ2) is 7.58. The summed E-state index contributed by atoms with van der Waals surface area (Å²) in [4.78, 5) is 25.9. The molecule has 5 heteroatoms. The van der Waals surface area contributed by atoms with Gasteiger partial charge in [-0.2, -0.15) is 0 Å². The van der Waals surface area contributed by atoms with Gasteiger partial charge in [0.05, 0.1) is 6.10 Å². The van der Waals surface area contributed by atoms with Crippen LogP contribution in [0.1, 0.15) is 43.5 Å². The van der Waals surface area contributed by atoms with E-state index in [0.717, 1.165) is 25.9 Å². The van der Waals surface area contributed by atoms with Crippen molar-refractivity contribution in [3.63, 3.8) is 0 Å². The third-order valence-electron chi connectivity index (χ3n) is 4.13. The summed E-state index contributed by atoms with van der Waals surface area (Å²) in [6.45, 7) is 6.56. The van der Waals surface area contributed by atoms with Crippen LogP contribution in [0.5, 0.6) is 0 Å². The van der Waals surface area contributed by atoms with Crippen LogP contribution in [-0.4, -0.2) is 41.2 Å². The molecule has 1 saturated heterocycles. The summed E-state index contributed by atoms with van der Waals surface area (Å²) in [5, 5.41) is 0. The van der Waals surface area contributed by atoms with E-state index in [-0.39, 0.29) is 17.6 Å². The van der Waals surface area contributed by atoms with Gasteiger partial charge in [0.15, 0.2) is 0 Å². The fourth-order valence-electron chi connectivity index (χ4n) is 2.56. The van der Waals surface area contributed by atoms with Gasteiger partial charge < -0.3 is 14.2 Å². The van der Waals surface area contributed by atoms with E-state index in [1.807, 2.05) is 4.90 Å². The number of aromatic nitrogens is 1. The van der Waals surface area contributed by atoms with E-state index < -0.39 is 0 Å². The first-order valence-electron chi connectivity index (χ1n) is 8.05. The van der Waals surface area contributed by atoms with Gasteiger partial charge in [-0.25, -0.2) is 0 Å². The van der Waals surface area contributed by atoms with Crippen molar-refractivity contribution in [2.45, 2.75) is 39.2 Å². The van der Waals surface area contributed by atoms with E-state index >= 15 is 0 Å². The first-order valence-corrected chi connectivity index (χ1v) is 8.05. The number of hydrogen-bond acceptors (Lipinski definition) is 3. The smallest absolute Gasteiger partial charge is 0.254 e. The van der Waals surface area contributed by atoms with Crippen molar-refractivity contribution in [1.29, 1.82) is 0 Å².